The van der Waals surface area contributed by atoms with E-state index in [0.717, 1.165) is 30.8 Å². The van der Waals surface area contributed by atoms with Crippen LogP contribution < -0.4 is 5.32 Å². The van der Waals surface area contributed by atoms with Gasteiger partial charge in [-0.25, -0.2) is 4.79 Å². The van der Waals surface area contributed by atoms with Crippen LogP contribution in [0.2, 0.25) is 0 Å². The van der Waals surface area contributed by atoms with Crippen LogP contribution in [0, 0.1) is 6.92 Å². The Morgan fingerprint density at radius 3 is 2.68 bits per heavy atom. The number of nitrogens with one attached hydrogen (secondary N) is 1. The molecule has 1 rings (SSSR count). The Morgan fingerprint density at radius 1 is 1.47 bits per heavy atom. The van der Waals surface area contributed by atoms with Crippen molar-refractivity contribution in [3.63, 3.8) is 0 Å². The number of aromatic carboxylic acids is 1. The number of rotatable bonds is 7. The van der Waals surface area contributed by atoms with Crippen molar-refractivity contribution in [3.05, 3.63) is 29.3 Å². The maximum atomic E-state index is 10.8. The first kappa shape index (κ1) is 15.5. The quantitative estimate of drug-likeness (QED) is 0.795. The standard InChI is InChI=1S/C15H24N2O2/c1-5-12(3)17(4)9-8-16-14-7-6-13(15(18)19)10-11(14)2/h6-7,10,12,16H,5,8-9H2,1-4H3,(H,18,19). The molecule has 0 amide bonds. The zero-order valence-corrected chi connectivity index (χ0v) is 12.2. The molecule has 0 heterocycles. The third kappa shape index (κ3) is 4.56. The van der Waals surface area contributed by atoms with Crippen LogP contribution in [0.4, 0.5) is 5.69 Å². The summed E-state index contributed by atoms with van der Waals surface area (Å²) in [4.78, 5) is 13.2. The molecule has 4 heteroatoms. The van der Waals surface area contributed by atoms with Gasteiger partial charge in [0.05, 0.1) is 5.56 Å². The van der Waals surface area contributed by atoms with E-state index >= 15 is 0 Å². The van der Waals surface area contributed by atoms with E-state index in [1.165, 1.54) is 0 Å². The van der Waals surface area contributed by atoms with Crippen molar-refractivity contribution >= 4 is 11.7 Å². The Kier molecular flexibility index (Phi) is 5.83. The molecule has 1 atom stereocenters. The Bertz CT molecular complexity index is 432. The van der Waals surface area contributed by atoms with Crippen LogP contribution in [-0.2, 0) is 0 Å². The van der Waals surface area contributed by atoms with Gasteiger partial charge in [-0.2, -0.15) is 0 Å². The van der Waals surface area contributed by atoms with E-state index in [9.17, 15) is 4.79 Å². The van der Waals surface area contributed by atoms with Crippen LogP contribution in [0.1, 0.15) is 36.2 Å². The molecule has 0 aliphatic rings. The van der Waals surface area contributed by atoms with Gasteiger partial charge in [0, 0.05) is 24.8 Å². The van der Waals surface area contributed by atoms with Gasteiger partial charge in [-0.05, 0) is 51.1 Å². The van der Waals surface area contributed by atoms with E-state index in [4.69, 9.17) is 5.11 Å². The Labute approximate surface area is 115 Å². The third-order valence-electron chi connectivity index (χ3n) is 3.60. The van der Waals surface area contributed by atoms with Gasteiger partial charge in [-0.15, -0.1) is 0 Å². The highest BCUT2D eigenvalue weighted by molar-refractivity contribution is 5.88. The first-order valence-electron chi connectivity index (χ1n) is 6.73. The van der Waals surface area contributed by atoms with Crippen molar-refractivity contribution in [2.75, 3.05) is 25.5 Å². The second-order valence-corrected chi connectivity index (χ2v) is 5.00. The summed E-state index contributed by atoms with van der Waals surface area (Å²) < 4.78 is 0. The number of likely N-dealkylation sites (N-methyl/N-ethyl adjacent to an activating group) is 1. The summed E-state index contributed by atoms with van der Waals surface area (Å²) in [6, 6.07) is 5.75. The van der Waals surface area contributed by atoms with Crippen LogP contribution in [0.3, 0.4) is 0 Å². The average Bonchev–Trinajstić information content (AvgIpc) is 2.39. The zero-order valence-electron chi connectivity index (χ0n) is 12.2. The fraction of sp³-hybridized carbons (Fsp3) is 0.533. The summed E-state index contributed by atoms with van der Waals surface area (Å²) in [5.74, 6) is -0.883. The van der Waals surface area contributed by atoms with Gasteiger partial charge in [0.15, 0.2) is 0 Å². The smallest absolute Gasteiger partial charge is 0.335 e. The van der Waals surface area contributed by atoms with E-state index in [1.54, 1.807) is 12.1 Å². The molecule has 0 aliphatic heterocycles. The Hall–Kier alpha value is -1.55. The van der Waals surface area contributed by atoms with Crippen molar-refractivity contribution in [1.82, 2.24) is 4.90 Å². The van der Waals surface area contributed by atoms with Gasteiger partial charge in [-0.1, -0.05) is 6.92 Å². The van der Waals surface area contributed by atoms with Crippen molar-refractivity contribution in [3.8, 4) is 0 Å². The lowest BCUT2D eigenvalue weighted by Gasteiger charge is -2.23. The number of hydrogen-bond acceptors (Lipinski definition) is 3. The lowest BCUT2D eigenvalue weighted by Crippen LogP contribution is -2.32. The number of nitrogens with zero attached hydrogens (tertiary/aromatic N) is 1. The SMILES string of the molecule is CCC(C)N(C)CCNc1ccc(C(=O)O)cc1C. The van der Waals surface area contributed by atoms with Crippen molar-refractivity contribution in [2.45, 2.75) is 33.2 Å². The minimum atomic E-state index is -0.883. The number of hydrogen-bond donors (Lipinski definition) is 2. The molecule has 1 aromatic carbocycles. The highest BCUT2D eigenvalue weighted by Gasteiger charge is 2.07. The molecule has 1 unspecified atom stereocenters. The van der Waals surface area contributed by atoms with E-state index in [0.29, 0.717) is 11.6 Å². The number of aryl methyl sites for hydroxylation is 1. The van der Waals surface area contributed by atoms with E-state index < -0.39 is 5.97 Å². The number of anilines is 1. The van der Waals surface area contributed by atoms with Crippen LogP contribution >= 0.6 is 0 Å². The first-order chi connectivity index (χ1) is 8.95. The van der Waals surface area contributed by atoms with Gasteiger partial charge in [-0.3, -0.25) is 0 Å². The molecule has 0 saturated carbocycles. The van der Waals surface area contributed by atoms with Gasteiger partial charge in [0.25, 0.3) is 0 Å². The Morgan fingerprint density at radius 2 is 2.16 bits per heavy atom. The molecule has 0 aliphatic carbocycles. The highest BCUT2D eigenvalue weighted by atomic mass is 16.4. The molecule has 19 heavy (non-hydrogen) atoms. The van der Waals surface area contributed by atoms with Gasteiger partial charge in [0.2, 0.25) is 0 Å². The highest BCUT2D eigenvalue weighted by Crippen LogP contribution is 2.16. The summed E-state index contributed by atoms with van der Waals surface area (Å²) in [5, 5.41) is 12.3. The van der Waals surface area contributed by atoms with Crippen LogP contribution in [0.25, 0.3) is 0 Å². The molecule has 4 nitrogen and oxygen atoms in total. The lowest BCUT2D eigenvalue weighted by atomic mass is 10.1. The summed E-state index contributed by atoms with van der Waals surface area (Å²) in [6.45, 7) is 8.15. The predicted molar refractivity (Wildman–Crippen MR) is 79.0 cm³/mol. The van der Waals surface area contributed by atoms with Crippen molar-refractivity contribution in [1.29, 1.82) is 0 Å². The molecule has 0 bridgehead atoms. The fourth-order valence-electron chi connectivity index (χ4n) is 1.89. The largest absolute Gasteiger partial charge is 0.478 e. The van der Waals surface area contributed by atoms with E-state index in [-0.39, 0.29) is 0 Å². The van der Waals surface area contributed by atoms with Gasteiger partial charge in [0.1, 0.15) is 0 Å². The van der Waals surface area contributed by atoms with Gasteiger partial charge >= 0.3 is 5.97 Å². The van der Waals surface area contributed by atoms with E-state index in [2.05, 4.69) is 31.1 Å². The topological polar surface area (TPSA) is 52.6 Å². The zero-order chi connectivity index (χ0) is 14.4. The maximum Gasteiger partial charge on any atom is 0.335 e. The molecule has 0 spiro atoms. The molecule has 0 fully saturated rings. The monoisotopic (exact) mass is 264 g/mol. The van der Waals surface area contributed by atoms with Crippen molar-refractivity contribution in [2.24, 2.45) is 0 Å². The third-order valence-corrected chi connectivity index (χ3v) is 3.60. The minimum absolute atomic E-state index is 0.333. The normalized spacial score (nSPS) is 12.5. The summed E-state index contributed by atoms with van der Waals surface area (Å²) >= 11 is 0. The Balaban J connectivity index is 2.52. The first-order valence-corrected chi connectivity index (χ1v) is 6.73. The summed E-state index contributed by atoms with van der Waals surface area (Å²) in [6.07, 6.45) is 1.14. The van der Waals surface area contributed by atoms with Crippen LogP contribution in [-0.4, -0.2) is 42.2 Å². The number of carboxylic acid groups (broad SMARTS) is 1. The average molecular weight is 264 g/mol. The summed E-state index contributed by atoms with van der Waals surface area (Å²) in [7, 11) is 2.12. The molecule has 1 aromatic rings. The van der Waals surface area contributed by atoms with Crippen LogP contribution in [0.15, 0.2) is 18.2 Å². The second-order valence-electron chi connectivity index (χ2n) is 5.00. The molecule has 0 saturated heterocycles. The fourth-order valence-corrected chi connectivity index (χ4v) is 1.89. The number of carbonyl (C=O) groups is 1. The maximum absolute atomic E-state index is 10.8. The predicted octanol–water partition coefficient (Wildman–Crippen LogP) is 2.84. The number of carboxylic acids is 1. The van der Waals surface area contributed by atoms with E-state index in [1.807, 2.05) is 13.0 Å². The lowest BCUT2D eigenvalue weighted by molar-refractivity contribution is 0.0697. The molecule has 2 N–H and O–H groups in total. The minimum Gasteiger partial charge on any atom is -0.478 e. The number of benzene rings is 1. The van der Waals surface area contributed by atoms with Crippen LogP contribution in [0.5, 0.6) is 0 Å². The van der Waals surface area contributed by atoms with Crippen molar-refractivity contribution < 1.29 is 9.90 Å². The molecular formula is C15H24N2O2. The molecular weight excluding hydrogens is 240 g/mol. The molecule has 0 radical (unpaired) electrons. The van der Waals surface area contributed by atoms with Gasteiger partial charge < -0.3 is 15.3 Å². The molecule has 106 valence electrons. The molecule has 0 aromatic heterocycles. The summed E-state index contributed by atoms with van der Waals surface area (Å²) in [5.41, 5.74) is 2.30. The second kappa shape index (κ2) is 7.14.